The molecule has 138 valence electrons. The van der Waals surface area contributed by atoms with E-state index in [2.05, 4.69) is 46.8 Å². The molecule has 1 heterocycles. The quantitative estimate of drug-likeness (QED) is 0.388. The Bertz CT molecular complexity index is 677. The molecule has 4 nitrogen and oxygen atoms in total. The molecule has 2 rings (SSSR count). The fourth-order valence-electron chi connectivity index (χ4n) is 2.09. The van der Waals surface area contributed by atoms with Gasteiger partial charge in [-0.1, -0.05) is 32.9 Å². The van der Waals surface area contributed by atoms with Crippen LogP contribution in [0, 0.1) is 5.82 Å². The Kier molecular flexibility index (Phi) is 8.78. The summed E-state index contributed by atoms with van der Waals surface area (Å²) in [7, 11) is 1.75. The number of guanidine groups is 1. The zero-order valence-corrected chi connectivity index (χ0v) is 18.2. The Hall–Kier alpha value is -1.22. The zero-order valence-electron chi connectivity index (χ0n) is 15.1. The lowest BCUT2D eigenvalue weighted by Gasteiger charge is -2.14. The number of aromatic nitrogens is 1. The minimum Gasteiger partial charge on any atom is -0.356 e. The molecule has 0 aliphatic rings. The predicted molar refractivity (Wildman–Crippen MR) is 115 cm³/mol. The molecule has 2 aromatic rings. The number of hydrogen-bond donors (Lipinski definition) is 2. The predicted octanol–water partition coefficient (Wildman–Crippen LogP) is 4.11. The molecule has 0 bridgehead atoms. The highest BCUT2D eigenvalue weighted by Gasteiger charge is 2.17. The largest absolute Gasteiger partial charge is 0.356 e. The van der Waals surface area contributed by atoms with Gasteiger partial charge in [0, 0.05) is 24.4 Å². The zero-order chi connectivity index (χ0) is 17.6. The van der Waals surface area contributed by atoms with E-state index >= 15 is 0 Å². The molecule has 0 unspecified atom stereocenters. The van der Waals surface area contributed by atoms with Gasteiger partial charge in [-0.3, -0.25) is 4.99 Å². The van der Waals surface area contributed by atoms with Gasteiger partial charge in [0.25, 0.3) is 0 Å². The van der Waals surface area contributed by atoms with Crippen molar-refractivity contribution >= 4 is 41.3 Å². The standard InChI is InChI=1S/C18H25FN4S.HI/c1-18(2,3)15-12-24-16(23-15)11-22-17(20-4)21-10-9-13-5-7-14(19)8-6-13;/h5-8,12H,9-11H2,1-4H3,(H2,20,21,22);1H. The van der Waals surface area contributed by atoms with Crippen LogP contribution in [0.25, 0.3) is 0 Å². The van der Waals surface area contributed by atoms with Crippen molar-refractivity contribution in [1.82, 2.24) is 15.6 Å². The third kappa shape index (κ3) is 7.27. The number of benzene rings is 1. The van der Waals surface area contributed by atoms with Crippen LogP contribution in [0.3, 0.4) is 0 Å². The van der Waals surface area contributed by atoms with E-state index in [1.54, 1.807) is 30.5 Å². The molecule has 0 radical (unpaired) electrons. The molecular weight excluding hydrogens is 450 g/mol. The van der Waals surface area contributed by atoms with Crippen molar-refractivity contribution in [2.45, 2.75) is 39.2 Å². The normalized spacial score (nSPS) is 11.8. The van der Waals surface area contributed by atoms with E-state index in [0.717, 1.165) is 35.2 Å². The Balaban J connectivity index is 0.00000312. The average molecular weight is 476 g/mol. The van der Waals surface area contributed by atoms with Gasteiger partial charge in [0.2, 0.25) is 0 Å². The first-order chi connectivity index (χ1) is 11.4. The van der Waals surface area contributed by atoms with Crippen LogP contribution < -0.4 is 10.6 Å². The lowest BCUT2D eigenvalue weighted by atomic mass is 9.93. The van der Waals surface area contributed by atoms with Gasteiger partial charge in [-0.05, 0) is 24.1 Å². The van der Waals surface area contributed by atoms with Crippen molar-refractivity contribution in [2.75, 3.05) is 13.6 Å². The molecule has 0 fully saturated rings. The van der Waals surface area contributed by atoms with E-state index in [1.165, 1.54) is 12.1 Å². The smallest absolute Gasteiger partial charge is 0.191 e. The SMILES string of the molecule is CN=C(NCCc1ccc(F)cc1)NCc1nc(C(C)(C)C)cs1.I. The van der Waals surface area contributed by atoms with Gasteiger partial charge in [0.15, 0.2) is 5.96 Å². The second-order valence-electron chi connectivity index (χ2n) is 6.61. The lowest BCUT2D eigenvalue weighted by molar-refractivity contribution is 0.570. The third-order valence-corrected chi connectivity index (χ3v) is 4.42. The highest BCUT2D eigenvalue weighted by Crippen LogP contribution is 2.23. The Labute approximate surface area is 170 Å². The topological polar surface area (TPSA) is 49.3 Å². The highest BCUT2D eigenvalue weighted by molar-refractivity contribution is 14.0. The van der Waals surface area contributed by atoms with Crippen LogP contribution in [-0.4, -0.2) is 24.5 Å². The number of halogens is 2. The van der Waals surface area contributed by atoms with Crippen LogP contribution in [0.15, 0.2) is 34.6 Å². The summed E-state index contributed by atoms with van der Waals surface area (Å²) in [4.78, 5) is 8.88. The van der Waals surface area contributed by atoms with Crippen molar-refractivity contribution in [2.24, 2.45) is 4.99 Å². The first kappa shape index (κ1) is 21.8. The molecular formula is C18H26FIN4S. The number of nitrogens with zero attached hydrogens (tertiary/aromatic N) is 2. The van der Waals surface area contributed by atoms with Gasteiger partial charge in [-0.2, -0.15) is 0 Å². The van der Waals surface area contributed by atoms with Crippen LogP contribution in [0.2, 0.25) is 0 Å². The van der Waals surface area contributed by atoms with Crippen LogP contribution in [0.5, 0.6) is 0 Å². The van der Waals surface area contributed by atoms with E-state index < -0.39 is 0 Å². The first-order valence-electron chi connectivity index (χ1n) is 8.02. The Morgan fingerprint density at radius 2 is 1.88 bits per heavy atom. The summed E-state index contributed by atoms with van der Waals surface area (Å²) in [5.74, 6) is 0.534. The van der Waals surface area contributed by atoms with Crippen LogP contribution >= 0.6 is 35.3 Å². The highest BCUT2D eigenvalue weighted by atomic mass is 127. The van der Waals surface area contributed by atoms with Crippen molar-refractivity contribution in [3.8, 4) is 0 Å². The van der Waals surface area contributed by atoms with E-state index in [1.807, 2.05) is 0 Å². The number of thiazole rings is 1. The number of hydrogen-bond acceptors (Lipinski definition) is 3. The second kappa shape index (κ2) is 10.1. The maximum absolute atomic E-state index is 12.9. The molecule has 0 aliphatic heterocycles. The van der Waals surface area contributed by atoms with Gasteiger partial charge >= 0.3 is 0 Å². The molecule has 0 spiro atoms. The van der Waals surface area contributed by atoms with Gasteiger partial charge in [0.05, 0.1) is 12.2 Å². The maximum atomic E-state index is 12.9. The van der Waals surface area contributed by atoms with Crippen LogP contribution in [-0.2, 0) is 18.4 Å². The first-order valence-corrected chi connectivity index (χ1v) is 8.90. The molecule has 2 N–H and O–H groups in total. The Morgan fingerprint density at radius 1 is 1.20 bits per heavy atom. The van der Waals surface area contributed by atoms with Gasteiger partial charge in [-0.15, -0.1) is 35.3 Å². The fourth-order valence-corrected chi connectivity index (χ4v) is 3.05. The van der Waals surface area contributed by atoms with Gasteiger partial charge < -0.3 is 10.6 Å². The summed E-state index contributed by atoms with van der Waals surface area (Å²) in [5.41, 5.74) is 2.28. The molecule has 1 aromatic carbocycles. The molecule has 0 saturated carbocycles. The third-order valence-electron chi connectivity index (χ3n) is 3.57. The minimum atomic E-state index is -0.206. The van der Waals surface area contributed by atoms with E-state index in [9.17, 15) is 4.39 Å². The van der Waals surface area contributed by atoms with Crippen LogP contribution in [0.4, 0.5) is 4.39 Å². The summed E-state index contributed by atoms with van der Waals surface area (Å²) >= 11 is 1.66. The summed E-state index contributed by atoms with van der Waals surface area (Å²) in [6.07, 6.45) is 0.812. The number of nitrogens with one attached hydrogen (secondary N) is 2. The number of rotatable bonds is 5. The molecule has 0 amide bonds. The Morgan fingerprint density at radius 3 is 2.44 bits per heavy atom. The van der Waals surface area contributed by atoms with Crippen LogP contribution in [0.1, 0.15) is 37.0 Å². The minimum absolute atomic E-state index is 0. The molecule has 0 atom stereocenters. The van der Waals surface area contributed by atoms with E-state index in [4.69, 9.17) is 0 Å². The molecule has 7 heteroatoms. The maximum Gasteiger partial charge on any atom is 0.191 e. The van der Waals surface area contributed by atoms with Gasteiger partial charge in [-0.25, -0.2) is 9.37 Å². The number of aliphatic imine (C=N–C) groups is 1. The van der Waals surface area contributed by atoms with E-state index in [-0.39, 0.29) is 35.2 Å². The summed E-state index contributed by atoms with van der Waals surface area (Å²) < 4.78 is 12.9. The van der Waals surface area contributed by atoms with Crippen molar-refractivity contribution < 1.29 is 4.39 Å². The average Bonchev–Trinajstić information content (AvgIpc) is 3.01. The summed E-state index contributed by atoms with van der Waals surface area (Å²) in [6, 6.07) is 6.57. The fraction of sp³-hybridized carbons (Fsp3) is 0.444. The monoisotopic (exact) mass is 476 g/mol. The molecule has 1 aromatic heterocycles. The lowest BCUT2D eigenvalue weighted by Crippen LogP contribution is -2.37. The van der Waals surface area contributed by atoms with Gasteiger partial charge in [0.1, 0.15) is 10.8 Å². The summed E-state index contributed by atoms with van der Waals surface area (Å²) in [6.45, 7) is 7.87. The molecule has 0 aliphatic carbocycles. The summed E-state index contributed by atoms with van der Waals surface area (Å²) in [5, 5.41) is 9.69. The molecule has 25 heavy (non-hydrogen) atoms. The second-order valence-corrected chi connectivity index (χ2v) is 7.55. The van der Waals surface area contributed by atoms with Crippen molar-refractivity contribution in [1.29, 1.82) is 0 Å². The van der Waals surface area contributed by atoms with E-state index in [0.29, 0.717) is 6.54 Å². The molecule has 0 saturated heterocycles. The van der Waals surface area contributed by atoms with Crippen molar-refractivity contribution in [3.05, 3.63) is 51.7 Å². The van der Waals surface area contributed by atoms with Crippen molar-refractivity contribution in [3.63, 3.8) is 0 Å².